The lowest BCUT2D eigenvalue weighted by molar-refractivity contribution is 0.193. The van der Waals surface area contributed by atoms with Crippen LogP contribution in [0.4, 0.5) is 10.5 Å². The van der Waals surface area contributed by atoms with E-state index >= 15 is 0 Å². The first-order valence-electron chi connectivity index (χ1n) is 9.12. The highest BCUT2D eigenvalue weighted by Gasteiger charge is 2.34. The van der Waals surface area contributed by atoms with Crippen molar-refractivity contribution in [1.82, 2.24) is 15.0 Å². The smallest absolute Gasteiger partial charge is 0.322 e. The molecule has 4 rings (SSSR count). The van der Waals surface area contributed by atoms with Gasteiger partial charge in [-0.05, 0) is 38.0 Å². The maximum absolute atomic E-state index is 12.8. The Morgan fingerprint density at radius 2 is 2.11 bits per heavy atom. The predicted octanol–water partition coefficient (Wildman–Crippen LogP) is 4.29. The van der Waals surface area contributed by atoms with E-state index in [1.54, 1.807) is 29.2 Å². The van der Waals surface area contributed by atoms with Crippen molar-refractivity contribution in [1.29, 1.82) is 5.26 Å². The van der Waals surface area contributed by atoms with Crippen molar-refractivity contribution >= 4 is 11.7 Å². The highest BCUT2D eigenvalue weighted by Crippen LogP contribution is 2.32. The van der Waals surface area contributed by atoms with Crippen LogP contribution in [0.25, 0.3) is 11.4 Å². The summed E-state index contributed by atoms with van der Waals surface area (Å²) in [6, 6.07) is 16.3. The van der Waals surface area contributed by atoms with Gasteiger partial charge in [0.05, 0.1) is 11.6 Å². The summed E-state index contributed by atoms with van der Waals surface area (Å²) in [4.78, 5) is 19.0. The lowest BCUT2D eigenvalue weighted by Gasteiger charge is -2.22. The molecule has 1 N–H and O–H groups in total. The summed E-state index contributed by atoms with van der Waals surface area (Å²) in [5.74, 6) is 0.956. The van der Waals surface area contributed by atoms with Crippen molar-refractivity contribution < 1.29 is 9.32 Å². The van der Waals surface area contributed by atoms with Crippen LogP contribution >= 0.6 is 0 Å². The zero-order chi connectivity index (χ0) is 19.5. The summed E-state index contributed by atoms with van der Waals surface area (Å²) in [7, 11) is 0. The van der Waals surface area contributed by atoms with E-state index < -0.39 is 0 Å². The van der Waals surface area contributed by atoms with Gasteiger partial charge >= 0.3 is 6.03 Å². The Labute approximate surface area is 162 Å². The number of amides is 2. The van der Waals surface area contributed by atoms with Crippen molar-refractivity contribution in [2.75, 3.05) is 11.9 Å². The lowest BCUT2D eigenvalue weighted by atomic mass is 10.1. The number of rotatable bonds is 3. The van der Waals surface area contributed by atoms with Crippen molar-refractivity contribution in [3.8, 4) is 17.5 Å². The average Bonchev–Trinajstić information content (AvgIpc) is 3.38. The number of likely N-dealkylation sites (tertiary alicyclic amines) is 1. The third-order valence-corrected chi connectivity index (χ3v) is 4.79. The van der Waals surface area contributed by atoms with Crippen LogP contribution in [-0.2, 0) is 0 Å². The van der Waals surface area contributed by atoms with Crippen molar-refractivity contribution in [3.63, 3.8) is 0 Å². The standard InChI is InChI=1S/C21H19N5O2/c1-14-7-9-16(10-8-14)19-24-20(28-25-19)18-6-3-11-26(18)21(27)23-17-5-2-4-15(12-17)13-22/h2,4-5,7-10,12,18H,3,6,11H2,1H3,(H,23,27)/t18-/m1/s1. The zero-order valence-electron chi connectivity index (χ0n) is 15.4. The molecule has 0 bridgehead atoms. The van der Waals surface area contributed by atoms with Gasteiger partial charge in [0.1, 0.15) is 6.04 Å². The van der Waals surface area contributed by atoms with Crippen LogP contribution in [0, 0.1) is 18.3 Å². The molecule has 0 spiro atoms. The Bertz CT molecular complexity index is 1040. The molecule has 1 fully saturated rings. The predicted molar refractivity (Wildman–Crippen MR) is 103 cm³/mol. The van der Waals surface area contributed by atoms with E-state index in [0.29, 0.717) is 29.5 Å². The molecular weight excluding hydrogens is 354 g/mol. The number of hydrogen-bond donors (Lipinski definition) is 1. The first-order valence-corrected chi connectivity index (χ1v) is 9.12. The Kier molecular flexibility index (Phi) is 4.77. The molecule has 2 heterocycles. The fourth-order valence-corrected chi connectivity index (χ4v) is 3.32. The quantitative estimate of drug-likeness (QED) is 0.739. The number of carbonyl (C=O) groups excluding carboxylic acids is 1. The number of nitriles is 1. The number of anilines is 1. The van der Waals surface area contributed by atoms with Gasteiger partial charge in [-0.2, -0.15) is 10.2 Å². The molecule has 3 aromatic rings. The van der Waals surface area contributed by atoms with Crippen LogP contribution < -0.4 is 5.32 Å². The van der Waals surface area contributed by atoms with Crippen LogP contribution in [0.3, 0.4) is 0 Å². The Hall–Kier alpha value is -3.66. The van der Waals surface area contributed by atoms with Crippen LogP contribution in [0.5, 0.6) is 0 Å². The fourth-order valence-electron chi connectivity index (χ4n) is 3.32. The minimum absolute atomic E-state index is 0.243. The van der Waals surface area contributed by atoms with Gasteiger partial charge in [-0.15, -0.1) is 0 Å². The van der Waals surface area contributed by atoms with Gasteiger partial charge < -0.3 is 14.7 Å². The zero-order valence-corrected chi connectivity index (χ0v) is 15.4. The van der Waals surface area contributed by atoms with Gasteiger partial charge in [0, 0.05) is 17.8 Å². The second kappa shape index (κ2) is 7.53. The number of urea groups is 1. The minimum Gasteiger partial charge on any atom is -0.337 e. The SMILES string of the molecule is Cc1ccc(-c2noc([C@H]3CCCN3C(=O)Nc3cccc(C#N)c3)n2)cc1. The number of carbonyl (C=O) groups is 1. The summed E-state index contributed by atoms with van der Waals surface area (Å²) < 4.78 is 5.47. The van der Waals surface area contributed by atoms with Crippen LogP contribution in [0.2, 0.25) is 0 Å². The Morgan fingerprint density at radius 3 is 2.89 bits per heavy atom. The van der Waals surface area contributed by atoms with Crippen LogP contribution in [0.15, 0.2) is 53.1 Å². The topological polar surface area (TPSA) is 95.0 Å². The second-order valence-electron chi connectivity index (χ2n) is 6.80. The van der Waals surface area contributed by atoms with E-state index in [9.17, 15) is 4.79 Å². The molecule has 0 saturated carbocycles. The van der Waals surface area contributed by atoms with E-state index in [4.69, 9.17) is 9.78 Å². The van der Waals surface area contributed by atoms with Crippen molar-refractivity contribution in [2.45, 2.75) is 25.8 Å². The molecule has 7 heteroatoms. The molecule has 1 aromatic heterocycles. The Morgan fingerprint density at radius 1 is 1.29 bits per heavy atom. The molecule has 2 aromatic carbocycles. The van der Waals surface area contributed by atoms with E-state index in [0.717, 1.165) is 24.0 Å². The third kappa shape index (κ3) is 3.58. The molecule has 1 aliphatic heterocycles. The molecule has 1 aliphatic rings. The van der Waals surface area contributed by atoms with Gasteiger partial charge in [0.2, 0.25) is 11.7 Å². The van der Waals surface area contributed by atoms with E-state index in [2.05, 4.69) is 21.5 Å². The summed E-state index contributed by atoms with van der Waals surface area (Å²) in [6.45, 7) is 2.63. The molecule has 140 valence electrons. The highest BCUT2D eigenvalue weighted by atomic mass is 16.5. The molecule has 28 heavy (non-hydrogen) atoms. The maximum Gasteiger partial charge on any atom is 0.322 e. The van der Waals surface area contributed by atoms with Crippen molar-refractivity contribution in [3.05, 3.63) is 65.5 Å². The van der Waals surface area contributed by atoms with Gasteiger partial charge in [-0.25, -0.2) is 4.79 Å². The summed E-state index contributed by atoms with van der Waals surface area (Å²) >= 11 is 0. The summed E-state index contributed by atoms with van der Waals surface area (Å²) in [5.41, 5.74) is 3.12. The number of aromatic nitrogens is 2. The molecule has 0 unspecified atom stereocenters. The van der Waals surface area contributed by atoms with E-state index in [1.807, 2.05) is 31.2 Å². The molecule has 7 nitrogen and oxygen atoms in total. The molecule has 0 radical (unpaired) electrons. The molecule has 0 aliphatic carbocycles. The number of hydrogen-bond acceptors (Lipinski definition) is 5. The van der Waals surface area contributed by atoms with E-state index in [-0.39, 0.29) is 12.1 Å². The third-order valence-electron chi connectivity index (χ3n) is 4.79. The molecular formula is C21H19N5O2. The lowest BCUT2D eigenvalue weighted by Crippen LogP contribution is -2.34. The summed E-state index contributed by atoms with van der Waals surface area (Å²) in [6.07, 6.45) is 1.62. The number of nitrogens with one attached hydrogen (secondary N) is 1. The molecule has 1 saturated heterocycles. The summed E-state index contributed by atoms with van der Waals surface area (Å²) in [5, 5.41) is 15.9. The number of aryl methyl sites for hydroxylation is 1. The maximum atomic E-state index is 12.8. The van der Waals surface area contributed by atoms with Gasteiger partial charge in [-0.3, -0.25) is 0 Å². The Balaban J connectivity index is 1.51. The normalized spacial score (nSPS) is 16.0. The molecule has 1 atom stereocenters. The van der Waals surface area contributed by atoms with Crippen molar-refractivity contribution in [2.24, 2.45) is 0 Å². The minimum atomic E-state index is -0.258. The monoisotopic (exact) mass is 373 g/mol. The van der Waals surface area contributed by atoms with Gasteiger partial charge in [0.25, 0.3) is 0 Å². The van der Waals surface area contributed by atoms with E-state index in [1.165, 1.54) is 0 Å². The molecule has 2 amide bonds. The van der Waals surface area contributed by atoms with Gasteiger partial charge in [0.15, 0.2) is 0 Å². The highest BCUT2D eigenvalue weighted by molar-refractivity contribution is 5.90. The van der Waals surface area contributed by atoms with Crippen LogP contribution in [-0.4, -0.2) is 27.6 Å². The number of benzene rings is 2. The second-order valence-corrected chi connectivity index (χ2v) is 6.80. The average molecular weight is 373 g/mol. The van der Waals surface area contributed by atoms with Crippen LogP contribution in [0.1, 0.15) is 35.9 Å². The number of nitrogens with zero attached hydrogens (tertiary/aromatic N) is 4. The first-order chi connectivity index (χ1) is 13.6. The first kappa shape index (κ1) is 17.7. The largest absolute Gasteiger partial charge is 0.337 e. The van der Waals surface area contributed by atoms with Gasteiger partial charge in [-0.1, -0.05) is 41.1 Å². The fraction of sp³-hybridized carbons (Fsp3) is 0.238.